The number of halogens is 1. The molecule has 3 amide bonds. The lowest BCUT2D eigenvalue weighted by Crippen LogP contribution is -2.52. The summed E-state index contributed by atoms with van der Waals surface area (Å²) in [6, 6.07) is 12.3. The van der Waals surface area contributed by atoms with Crippen molar-refractivity contribution in [3.05, 3.63) is 59.4 Å². The molecule has 8 nitrogen and oxygen atoms in total. The van der Waals surface area contributed by atoms with Gasteiger partial charge in [-0.25, -0.2) is 4.79 Å². The van der Waals surface area contributed by atoms with Crippen LogP contribution in [0, 0.1) is 0 Å². The Morgan fingerprint density at radius 3 is 2.81 bits per heavy atom. The fourth-order valence-electron chi connectivity index (χ4n) is 3.89. The zero-order valence-electron chi connectivity index (χ0n) is 17.3. The first kappa shape index (κ1) is 21.1. The second-order valence-corrected chi connectivity index (χ2v) is 8.37. The Bertz CT molecular complexity index is 982. The van der Waals surface area contributed by atoms with Gasteiger partial charge in [-0.2, -0.15) is 0 Å². The monoisotopic (exact) mass is 441 g/mol. The Balaban J connectivity index is 1.35. The van der Waals surface area contributed by atoms with Crippen LogP contribution in [0.1, 0.15) is 25.0 Å². The molecule has 1 saturated heterocycles. The van der Waals surface area contributed by atoms with Crippen molar-refractivity contribution < 1.29 is 14.4 Å². The molecule has 2 aliphatic heterocycles. The van der Waals surface area contributed by atoms with Gasteiger partial charge in [-0.1, -0.05) is 22.8 Å². The fraction of sp³-hybridized carbons (Fsp3) is 0.364. The summed E-state index contributed by atoms with van der Waals surface area (Å²) in [4.78, 5) is 38.9. The molecule has 1 atom stereocenters. The number of urea groups is 1. The Morgan fingerprint density at radius 2 is 2.06 bits per heavy atom. The molecule has 1 fully saturated rings. The normalized spacial score (nSPS) is 20.2. The van der Waals surface area contributed by atoms with Crippen LogP contribution in [0.4, 0.5) is 10.5 Å². The molecular formula is C22H24ClN5O3. The van der Waals surface area contributed by atoms with Crippen LogP contribution in [0.2, 0.25) is 5.02 Å². The summed E-state index contributed by atoms with van der Waals surface area (Å²) >= 11 is 5.90. The number of pyridine rings is 1. The minimum atomic E-state index is -0.660. The number of likely N-dealkylation sites (tertiary alicyclic amines) is 1. The van der Waals surface area contributed by atoms with Crippen LogP contribution in [0.3, 0.4) is 0 Å². The molecule has 2 aromatic rings. The highest BCUT2D eigenvalue weighted by Crippen LogP contribution is 2.34. The molecule has 1 unspecified atom stereocenters. The quantitative estimate of drug-likeness (QED) is 0.786. The molecule has 0 bridgehead atoms. The van der Waals surface area contributed by atoms with E-state index in [1.54, 1.807) is 47.3 Å². The second kappa shape index (κ2) is 8.93. The van der Waals surface area contributed by atoms with Gasteiger partial charge in [0.15, 0.2) is 5.60 Å². The van der Waals surface area contributed by atoms with Crippen LogP contribution >= 0.6 is 11.6 Å². The van der Waals surface area contributed by atoms with Crippen molar-refractivity contribution in [1.29, 1.82) is 0 Å². The Kier molecular flexibility index (Phi) is 6.08. The maximum Gasteiger partial charge on any atom is 0.321 e. The third-order valence-electron chi connectivity index (χ3n) is 5.48. The number of nitrogens with zero attached hydrogens (tertiary/aromatic N) is 4. The number of nitrogens with one attached hydrogen (secondary N) is 1. The maximum absolute atomic E-state index is 12.8. The van der Waals surface area contributed by atoms with Crippen LogP contribution in [-0.2, 0) is 16.2 Å². The van der Waals surface area contributed by atoms with E-state index >= 15 is 0 Å². The Labute approximate surface area is 185 Å². The lowest BCUT2D eigenvalue weighted by Gasteiger charge is -2.38. The lowest BCUT2D eigenvalue weighted by molar-refractivity contribution is -0.123. The molecule has 162 valence electrons. The van der Waals surface area contributed by atoms with Gasteiger partial charge in [0, 0.05) is 36.9 Å². The smallest absolute Gasteiger partial charge is 0.321 e. The molecule has 0 radical (unpaired) electrons. The summed E-state index contributed by atoms with van der Waals surface area (Å²) in [5, 5.41) is 7.58. The molecule has 4 rings (SSSR count). The fourth-order valence-corrected chi connectivity index (χ4v) is 4.01. The minimum absolute atomic E-state index is 0.190. The third kappa shape index (κ3) is 4.96. The number of anilines is 1. The molecule has 31 heavy (non-hydrogen) atoms. The number of rotatable bonds is 4. The SMILES string of the molecule is CN(Cc1ccccn1)C(=O)C1=NOC2(CCCN(C(=O)Nc3ccc(Cl)cc3)C2)C1. The summed E-state index contributed by atoms with van der Waals surface area (Å²) < 4.78 is 0. The van der Waals surface area contributed by atoms with E-state index in [0.29, 0.717) is 42.5 Å². The van der Waals surface area contributed by atoms with E-state index in [-0.39, 0.29) is 11.9 Å². The number of benzene rings is 1. The largest absolute Gasteiger partial charge is 0.386 e. The number of piperidine rings is 1. The summed E-state index contributed by atoms with van der Waals surface area (Å²) in [7, 11) is 1.72. The molecule has 0 saturated carbocycles. The number of aromatic nitrogens is 1. The maximum atomic E-state index is 12.8. The number of oxime groups is 1. The highest BCUT2D eigenvalue weighted by atomic mass is 35.5. The van der Waals surface area contributed by atoms with Crippen molar-refractivity contribution in [2.45, 2.75) is 31.4 Å². The average molecular weight is 442 g/mol. The molecule has 0 aliphatic carbocycles. The highest BCUT2D eigenvalue weighted by Gasteiger charge is 2.46. The van der Waals surface area contributed by atoms with Crippen molar-refractivity contribution in [2.24, 2.45) is 5.16 Å². The number of hydrogen-bond acceptors (Lipinski definition) is 5. The average Bonchev–Trinajstić information content (AvgIpc) is 3.18. The molecule has 1 aromatic heterocycles. The zero-order chi connectivity index (χ0) is 21.8. The van der Waals surface area contributed by atoms with Gasteiger partial charge in [0.25, 0.3) is 5.91 Å². The molecule has 1 aromatic carbocycles. The molecule has 3 heterocycles. The number of carbonyl (C=O) groups is 2. The lowest BCUT2D eigenvalue weighted by atomic mass is 9.88. The minimum Gasteiger partial charge on any atom is -0.386 e. The van der Waals surface area contributed by atoms with Gasteiger partial charge in [0.1, 0.15) is 5.71 Å². The van der Waals surface area contributed by atoms with Crippen LogP contribution in [0.15, 0.2) is 53.8 Å². The second-order valence-electron chi connectivity index (χ2n) is 7.93. The van der Waals surface area contributed by atoms with E-state index in [9.17, 15) is 9.59 Å². The predicted molar refractivity (Wildman–Crippen MR) is 118 cm³/mol. The zero-order valence-corrected chi connectivity index (χ0v) is 18.0. The van der Waals surface area contributed by atoms with Gasteiger partial charge in [0.05, 0.1) is 18.8 Å². The first-order chi connectivity index (χ1) is 14.9. The van der Waals surface area contributed by atoms with Gasteiger partial charge in [0.2, 0.25) is 0 Å². The van der Waals surface area contributed by atoms with Gasteiger partial charge in [-0.05, 0) is 49.2 Å². The van der Waals surface area contributed by atoms with Gasteiger partial charge in [-0.15, -0.1) is 0 Å². The van der Waals surface area contributed by atoms with E-state index in [0.717, 1.165) is 18.5 Å². The van der Waals surface area contributed by atoms with E-state index in [1.165, 1.54) is 0 Å². The van der Waals surface area contributed by atoms with E-state index in [4.69, 9.17) is 16.4 Å². The first-order valence-corrected chi connectivity index (χ1v) is 10.5. The Morgan fingerprint density at radius 1 is 1.26 bits per heavy atom. The summed E-state index contributed by atoms with van der Waals surface area (Å²) in [5.74, 6) is -0.190. The molecule has 2 aliphatic rings. The van der Waals surface area contributed by atoms with Gasteiger partial charge < -0.3 is 20.0 Å². The van der Waals surface area contributed by atoms with Crippen LogP contribution in [0.25, 0.3) is 0 Å². The Hall–Kier alpha value is -3.13. The van der Waals surface area contributed by atoms with E-state index in [2.05, 4.69) is 15.5 Å². The summed E-state index contributed by atoms with van der Waals surface area (Å²) in [6.07, 6.45) is 3.59. The van der Waals surface area contributed by atoms with E-state index < -0.39 is 5.60 Å². The van der Waals surface area contributed by atoms with Crippen molar-refractivity contribution in [2.75, 3.05) is 25.5 Å². The topological polar surface area (TPSA) is 87.1 Å². The van der Waals surface area contributed by atoms with Gasteiger partial charge >= 0.3 is 6.03 Å². The predicted octanol–water partition coefficient (Wildman–Crippen LogP) is 3.54. The summed E-state index contributed by atoms with van der Waals surface area (Å²) in [5.41, 5.74) is 1.19. The molecule has 1 spiro atoms. The van der Waals surface area contributed by atoms with Gasteiger partial charge in [-0.3, -0.25) is 9.78 Å². The van der Waals surface area contributed by atoms with Crippen molar-refractivity contribution in [3.63, 3.8) is 0 Å². The number of hydrogen-bond donors (Lipinski definition) is 1. The molecule has 1 N–H and O–H groups in total. The van der Waals surface area contributed by atoms with E-state index in [1.807, 2.05) is 18.2 Å². The standard InChI is InChI=1S/C22H24ClN5O3/c1-27(14-18-5-2-3-11-24-18)20(29)19-13-22(31-26-19)10-4-12-28(15-22)21(30)25-17-8-6-16(23)7-9-17/h2-3,5-9,11H,4,10,12-15H2,1H3,(H,25,30). The summed E-state index contributed by atoms with van der Waals surface area (Å²) in [6.45, 7) is 1.38. The highest BCUT2D eigenvalue weighted by molar-refractivity contribution is 6.39. The van der Waals surface area contributed by atoms with Crippen LogP contribution < -0.4 is 5.32 Å². The molecular weight excluding hydrogens is 418 g/mol. The van der Waals surface area contributed by atoms with Crippen LogP contribution in [0.5, 0.6) is 0 Å². The van der Waals surface area contributed by atoms with Crippen molar-refractivity contribution in [3.8, 4) is 0 Å². The van der Waals surface area contributed by atoms with Crippen molar-refractivity contribution in [1.82, 2.24) is 14.8 Å². The first-order valence-electron chi connectivity index (χ1n) is 10.2. The van der Waals surface area contributed by atoms with Crippen LogP contribution in [-0.4, -0.2) is 58.2 Å². The van der Waals surface area contributed by atoms with Crippen molar-refractivity contribution >= 4 is 34.9 Å². The number of amides is 3. The number of carbonyl (C=O) groups excluding carboxylic acids is 2. The molecule has 9 heteroatoms. The third-order valence-corrected chi connectivity index (χ3v) is 5.73.